The maximum absolute atomic E-state index is 6.28. The van der Waals surface area contributed by atoms with Crippen LogP contribution < -0.4 is 0 Å². The van der Waals surface area contributed by atoms with E-state index in [9.17, 15) is 0 Å². The molecule has 26 heavy (non-hydrogen) atoms. The maximum Gasteiger partial charge on any atom is 0.187 e. The lowest BCUT2D eigenvalue weighted by Gasteiger charge is -2.51. The molecular weight excluding hydrogens is 344 g/mol. The fourth-order valence-electron chi connectivity index (χ4n) is 4.72. The molecule has 148 valence electrons. The molecule has 0 aliphatic carbocycles. The monoisotopic (exact) mass is 372 g/mol. The van der Waals surface area contributed by atoms with Crippen LogP contribution in [0.1, 0.15) is 41.5 Å². The standard InChI is InChI=1S/C18H28O8/c1-7-9-11(25-17(3,4)23-9)13-15(19-7)21-14-12-10(24-18(5,6)26-12)8(2)20-16(14)22-13/h7-16H,1-6H3/t7-,8+,9+,10-,11+,12-,13-,14+,15-,16+. The number of hydrogen-bond acceptors (Lipinski definition) is 8. The summed E-state index contributed by atoms with van der Waals surface area (Å²) in [5.74, 6) is -1.36. The summed E-state index contributed by atoms with van der Waals surface area (Å²) >= 11 is 0. The molecule has 5 fully saturated rings. The van der Waals surface area contributed by atoms with Gasteiger partial charge in [0.05, 0.1) is 12.2 Å². The zero-order valence-electron chi connectivity index (χ0n) is 16.0. The summed E-state index contributed by atoms with van der Waals surface area (Å²) in [6, 6.07) is 0. The van der Waals surface area contributed by atoms with Crippen LogP contribution in [0.2, 0.25) is 0 Å². The zero-order chi connectivity index (χ0) is 18.4. The van der Waals surface area contributed by atoms with Crippen LogP contribution in [0.25, 0.3) is 0 Å². The van der Waals surface area contributed by atoms with E-state index in [1.165, 1.54) is 0 Å². The van der Waals surface area contributed by atoms with E-state index < -0.39 is 36.4 Å². The van der Waals surface area contributed by atoms with Gasteiger partial charge in [-0.15, -0.1) is 0 Å². The molecule has 0 N–H and O–H groups in total. The molecule has 0 aromatic heterocycles. The van der Waals surface area contributed by atoms with Gasteiger partial charge in [-0.25, -0.2) is 0 Å². The van der Waals surface area contributed by atoms with E-state index in [0.717, 1.165) is 0 Å². The molecule has 5 aliphatic rings. The van der Waals surface area contributed by atoms with Gasteiger partial charge in [-0.3, -0.25) is 0 Å². The first kappa shape index (κ1) is 17.8. The Morgan fingerprint density at radius 2 is 0.808 bits per heavy atom. The summed E-state index contributed by atoms with van der Waals surface area (Å²) in [5, 5.41) is 0. The van der Waals surface area contributed by atoms with Gasteiger partial charge in [-0.05, 0) is 41.5 Å². The van der Waals surface area contributed by atoms with E-state index in [4.69, 9.17) is 37.9 Å². The smallest absolute Gasteiger partial charge is 0.187 e. The van der Waals surface area contributed by atoms with Gasteiger partial charge in [0.25, 0.3) is 0 Å². The molecule has 0 spiro atoms. The van der Waals surface area contributed by atoms with Crippen LogP contribution in [0.3, 0.4) is 0 Å². The van der Waals surface area contributed by atoms with Crippen molar-refractivity contribution in [3.63, 3.8) is 0 Å². The van der Waals surface area contributed by atoms with E-state index in [-0.39, 0.29) is 36.6 Å². The van der Waals surface area contributed by atoms with Crippen LogP contribution in [-0.2, 0) is 37.9 Å². The third-order valence-electron chi connectivity index (χ3n) is 5.72. The third kappa shape index (κ3) is 2.66. The highest BCUT2D eigenvalue weighted by molar-refractivity contribution is 5.02. The molecule has 0 saturated carbocycles. The lowest BCUT2D eigenvalue weighted by Crippen LogP contribution is -2.68. The molecule has 5 rings (SSSR count). The summed E-state index contributed by atoms with van der Waals surface area (Å²) in [7, 11) is 0. The Morgan fingerprint density at radius 3 is 1.19 bits per heavy atom. The molecule has 0 unspecified atom stereocenters. The molecule has 0 aromatic carbocycles. The largest absolute Gasteiger partial charge is 0.344 e. The first-order valence-corrected chi connectivity index (χ1v) is 9.47. The minimum atomic E-state index is -0.680. The lowest BCUT2D eigenvalue weighted by atomic mass is 9.95. The van der Waals surface area contributed by atoms with Crippen LogP contribution in [0, 0.1) is 0 Å². The van der Waals surface area contributed by atoms with Crippen molar-refractivity contribution in [2.24, 2.45) is 0 Å². The van der Waals surface area contributed by atoms with Crippen LogP contribution in [0.5, 0.6) is 0 Å². The fraction of sp³-hybridized carbons (Fsp3) is 1.00. The quantitative estimate of drug-likeness (QED) is 0.630. The lowest BCUT2D eigenvalue weighted by molar-refractivity contribution is -0.414. The number of rotatable bonds is 0. The Kier molecular flexibility index (Phi) is 3.83. The molecule has 8 heteroatoms. The van der Waals surface area contributed by atoms with Gasteiger partial charge in [-0.1, -0.05) is 0 Å². The predicted octanol–water partition coefficient (Wildman–Crippen LogP) is 1.30. The molecule has 0 bridgehead atoms. The van der Waals surface area contributed by atoms with E-state index in [1.54, 1.807) is 0 Å². The Hall–Kier alpha value is -0.320. The SMILES string of the molecule is C[C@@H]1O[C@H]2O[C@H]3[C@@H](O[C@H]2[C@@H]2OC(C)(C)O[C@@H]21)O[C@H](C)[C@@H]1OC(C)(C)O[C@@H]13. The highest BCUT2D eigenvalue weighted by Crippen LogP contribution is 2.46. The van der Waals surface area contributed by atoms with Gasteiger partial charge >= 0.3 is 0 Å². The molecule has 5 aliphatic heterocycles. The van der Waals surface area contributed by atoms with Gasteiger partial charge < -0.3 is 37.9 Å². The average Bonchev–Trinajstić information content (AvgIpc) is 3.03. The van der Waals surface area contributed by atoms with Crippen LogP contribution >= 0.6 is 0 Å². The second kappa shape index (κ2) is 5.61. The van der Waals surface area contributed by atoms with Gasteiger partial charge in [0.15, 0.2) is 24.2 Å². The fourth-order valence-corrected chi connectivity index (χ4v) is 4.72. The van der Waals surface area contributed by atoms with Gasteiger partial charge in [0.1, 0.15) is 36.6 Å². The van der Waals surface area contributed by atoms with Crippen molar-refractivity contribution >= 4 is 0 Å². The zero-order valence-corrected chi connectivity index (χ0v) is 16.0. The molecule has 10 atom stereocenters. The summed E-state index contributed by atoms with van der Waals surface area (Å²) in [6.45, 7) is 11.5. The summed E-state index contributed by atoms with van der Waals surface area (Å²) in [5.41, 5.74) is 0. The third-order valence-corrected chi connectivity index (χ3v) is 5.72. The topological polar surface area (TPSA) is 73.8 Å². The van der Waals surface area contributed by atoms with Crippen molar-refractivity contribution in [1.82, 2.24) is 0 Å². The van der Waals surface area contributed by atoms with E-state index >= 15 is 0 Å². The molecule has 0 aromatic rings. The molecule has 8 nitrogen and oxygen atoms in total. The average molecular weight is 372 g/mol. The second-order valence-electron chi connectivity index (χ2n) is 8.75. The Labute approximate surface area is 153 Å². The van der Waals surface area contributed by atoms with Crippen molar-refractivity contribution in [2.75, 3.05) is 0 Å². The number of ether oxygens (including phenoxy) is 8. The van der Waals surface area contributed by atoms with Crippen LogP contribution in [0.4, 0.5) is 0 Å². The Morgan fingerprint density at radius 1 is 0.462 bits per heavy atom. The molecule has 0 amide bonds. The first-order chi connectivity index (χ1) is 12.1. The first-order valence-electron chi connectivity index (χ1n) is 9.47. The van der Waals surface area contributed by atoms with Crippen molar-refractivity contribution in [3.05, 3.63) is 0 Å². The Balaban J connectivity index is 1.40. The van der Waals surface area contributed by atoms with Gasteiger partial charge in [0.2, 0.25) is 0 Å². The van der Waals surface area contributed by atoms with E-state index in [1.807, 2.05) is 41.5 Å². The molecule has 5 saturated heterocycles. The summed E-state index contributed by atoms with van der Waals surface area (Å²) < 4.78 is 48.9. The highest BCUT2D eigenvalue weighted by atomic mass is 16.8. The van der Waals surface area contributed by atoms with Gasteiger partial charge in [0, 0.05) is 0 Å². The van der Waals surface area contributed by atoms with E-state index in [0.29, 0.717) is 0 Å². The van der Waals surface area contributed by atoms with Crippen molar-refractivity contribution < 1.29 is 37.9 Å². The highest BCUT2D eigenvalue weighted by Gasteiger charge is 2.63. The molecular formula is C18H28O8. The second-order valence-corrected chi connectivity index (χ2v) is 8.75. The maximum atomic E-state index is 6.28. The summed E-state index contributed by atoms with van der Waals surface area (Å²) in [6.07, 6.45) is -3.24. The van der Waals surface area contributed by atoms with Crippen molar-refractivity contribution in [3.8, 4) is 0 Å². The van der Waals surface area contributed by atoms with Crippen LogP contribution in [0.15, 0.2) is 0 Å². The Bertz CT molecular complexity index is 530. The van der Waals surface area contributed by atoms with Crippen molar-refractivity contribution in [2.45, 2.75) is 115 Å². The normalized spacial score (nSPS) is 57.0. The van der Waals surface area contributed by atoms with Crippen LogP contribution in [-0.4, -0.2) is 73.0 Å². The molecule has 0 radical (unpaired) electrons. The predicted molar refractivity (Wildman–Crippen MR) is 86.1 cm³/mol. The van der Waals surface area contributed by atoms with E-state index in [2.05, 4.69) is 0 Å². The minimum absolute atomic E-state index is 0.167. The summed E-state index contributed by atoms with van der Waals surface area (Å²) in [4.78, 5) is 0. The van der Waals surface area contributed by atoms with Crippen molar-refractivity contribution in [1.29, 1.82) is 0 Å². The number of fused-ring (bicyclic) bond motifs is 6. The number of hydrogen-bond donors (Lipinski definition) is 0. The minimum Gasteiger partial charge on any atom is -0.344 e. The van der Waals surface area contributed by atoms with Gasteiger partial charge in [-0.2, -0.15) is 0 Å². The molecule has 5 heterocycles.